The van der Waals surface area contributed by atoms with Crippen LogP contribution >= 0.6 is 0 Å². The number of carbonyl (C=O) groups excluding carboxylic acids is 1. The number of piperidine rings is 1. The van der Waals surface area contributed by atoms with E-state index in [2.05, 4.69) is 29.0 Å². The van der Waals surface area contributed by atoms with E-state index in [1.165, 1.54) is 0 Å². The van der Waals surface area contributed by atoms with E-state index in [1.54, 1.807) is 0 Å². The predicted molar refractivity (Wildman–Crippen MR) is 88.8 cm³/mol. The van der Waals surface area contributed by atoms with Gasteiger partial charge in [0.05, 0.1) is 24.7 Å². The molecule has 2 N–H and O–H groups in total. The molecule has 3 aliphatic heterocycles. The van der Waals surface area contributed by atoms with Gasteiger partial charge in [0, 0.05) is 44.7 Å². The molecule has 0 unspecified atom stereocenters. The normalized spacial score (nSPS) is 28.9. The van der Waals surface area contributed by atoms with Crippen LogP contribution in [0.25, 0.3) is 0 Å². The zero-order chi connectivity index (χ0) is 17.4. The standard InChI is InChI=1S/C17H29N3O4/c1-16(2,20-7-9-24-10-8-20)12-19-5-3-17(4-6-19)13(15(22)23)11-14(21)18-17/h13H,3-12H2,1-2H3,(H,18,21)(H,22,23)/t13-/m0/s1. The molecule has 3 aliphatic rings. The average Bonchev–Trinajstić information content (AvgIpc) is 2.87. The molecule has 24 heavy (non-hydrogen) atoms. The second-order valence-electron chi connectivity index (χ2n) is 7.99. The van der Waals surface area contributed by atoms with E-state index in [1.807, 2.05) is 0 Å². The average molecular weight is 339 g/mol. The molecule has 1 spiro atoms. The SMILES string of the molecule is CC(C)(CN1CCC2(CC1)NC(=O)C[C@H]2C(=O)O)N1CCOCC1. The van der Waals surface area contributed by atoms with E-state index in [0.717, 1.165) is 58.8 Å². The van der Waals surface area contributed by atoms with Crippen molar-refractivity contribution in [2.24, 2.45) is 5.92 Å². The Morgan fingerprint density at radius 1 is 1.29 bits per heavy atom. The molecule has 1 amide bonds. The minimum atomic E-state index is -0.851. The zero-order valence-corrected chi connectivity index (χ0v) is 14.7. The summed E-state index contributed by atoms with van der Waals surface area (Å²) >= 11 is 0. The quantitative estimate of drug-likeness (QED) is 0.759. The minimum absolute atomic E-state index is 0.0689. The molecule has 0 aliphatic carbocycles. The van der Waals surface area contributed by atoms with Crippen molar-refractivity contribution in [1.29, 1.82) is 0 Å². The summed E-state index contributed by atoms with van der Waals surface area (Å²) < 4.78 is 5.44. The van der Waals surface area contributed by atoms with Crippen LogP contribution in [0.2, 0.25) is 0 Å². The summed E-state index contributed by atoms with van der Waals surface area (Å²) in [6.45, 7) is 10.6. The zero-order valence-electron chi connectivity index (χ0n) is 14.7. The third-order valence-corrected chi connectivity index (χ3v) is 5.97. The summed E-state index contributed by atoms with van der Waals surface area (Å²) in [5.41, 5.74) is -0.470. The van der Waals surface area contributed by atoms with Crippen molar-refractivity contribution in [3.8, 4) is 0 Å². The second kappa shape index (κ2) is 6.61. The van der Waals surface area contributed by atoms with Gasteiger partial charge in [0.1, 0.15) is 0 Å². The fraction of sp³-hybridized carbons (Fsp3) is 0.882. The smallest absolute Gasteiger partial charge is 0.309 e. The molecule has 1 atom stereocenters. The maximum absolute atomic E-state index is 11.7. The highest BCUT2D eigenvalue weighted by molar-refractivity contribution is 5.88. The monoisotopic (exact) mass is 339 g/mol. The Morgan fingerprint density at radius 3 is 2.50 bits per heavy atom. The Kier molecular flexibility index (Phi) is 4.86. The van der Waals surface area contributed by atoms with Crippen LogP contribution in [0.5, 0.6) is 0 Å². The van der Waals surface area contributed by atoms with Gasteiger partial charge in [-0.15, -0.1) is 0 Å². The number of rotatable bonds is 4. The number of nitrogens with one attached hydrogen (secondary N) is 1. The summed E-state index contributed by atoms with van der Waals surface area (Å²) in [6.07, 6.45) is 1.55. The molecule has 0 radical (unpaired) electrons. The third-order valence-electron chi connectivity index (χ3n) is 5.97. The Labute approximate surface area is 143 Å². The Hall–Kier alpha value is -1.18. The summed E-state index contributed by atoms with van der Waals surface area (Å²) in [4.78, 5) is 28.1. The summed E-state index contributed by atoms with van der Waals surface area (Å²) in [5, 5.41) is 12.4. The lowest BCUT2D eigenvalue weighted by atomic mass is 9.77. The Bertz CT molecular complexity index is 494. The molecule has 0 aromatic heterocycles. The first-order valence-corrected chi connectivity index (χ1v) is 8.91. The van der Waals surface area contributed by atoms with Crippen molar-refractivity contribution in [3.63, 3.8) is 0 Å². The van der Waals surface area contributed by atoms with Gasteiger partial charge in [-0.3, -0.25) is 14.5 Å². The first-order valence-electron chi connectivity index (χ1n) is 8.91. The van der Waals surface area contributed by atoms with Gasteiger partial charge in [-0.25, -0.2) is 0 Å². The number of morpholine rings is 1. The van der Waals surface area contributed by atoms with Crippen molar-refractivity contribution >= 4 is 11.9 Å². The van der Waals surface area contributed by atoms with Crippen LogP contribution in [-0.4, -0.2) is 83.8 Å². The molecular formula is C17H29N3O4. The van der Waals surface area contributed by atoms with Gasteiger partial charge in [0.2, 0.25) is 5.91 Å². The van der Waals surface area contributed by atoms with Crippen LogP contribution in [0.3, 0.4) is 0 Å². The highest BCUT2D eigenvalue weighted by Gasteiger charge is 2.51. The number of aliphatic carboxylic acids is 1. The lowest BCUT2D eigenvalue weighted by molar-refractivity contribution is -0.144. The van der Waals surface area contributed by atoms with E-state index in [0.29, 0.717) is 0 Å². The summed E-state index contributed by atoms with van der Waals surface area (Å²) in [6, 6.07) is 0. The van der Waals surface area contributed by atoms with Crippen LogP contribution in [0, 0.1) is 5.92 Å². The molecular weight excluding hydrogens is 310 g/mol. The number of amides is 1. The fourth-order valence-electron chi connectivity index (χ4n) is 4.52. The van der Waals surface area contributed by atoms with E-state index < -0.39 is 17.4 Å². The van der Waals surface area contributed by atoms with Gasteiger partial charge in [0.25, 0.3) is 0 Å². The summed E-state index contributed by atoms with van der Waals surface area (Å²) in [5.74, 6) is -1.56. The number of ether oxygens (including phenoxy) is 1. The van der Waals surface area contributed by atoms with E-state index in [-0.39, 0.29) is 17.9 Å². The number of carboxylic acid groups (broad SMARTS) is 1. The molecule has 136 valence electrons. The van der Waals surface area contributed by atoms with Crippen molar-refractivity contribution in [2.45, 2.75) is 44.2 Å². The van der Waals surface area contributed by atoms with Gasteiger partial charge >= 0.3 is 5.97 Å². The molecule has 3 heterocycles. The number of hydrogen-bond donors (Lipinski definition) is 2. The maximum atomic E-state index is 11.7. The first-order chi connectivity index (χ1) is 11.3. The molecule has 3 saturated heterocycles. The molecule has 0 saturated carbocycles. The summed E-state index contributed by atoms with van der Waals surface area (Å²) in [7, 11) is 0. The number of hydrogen-bond acceptors (Lipinski definition) is 5. The second-order valence-corrected chi connectivity index (χ2v) is 7.99. The van der Waals surface area contributed by atoms with Crippen molar-refractivity contribution in [1.82, 2.24) is 15.1 Å². The largest absolute Gasteiger partial charge is 0.481 e. The number of nitrogens with zero attached hydrogens (tertiary/aromatic N) is 2. The van der Waals surface area contributed by atoms with Gasteiger partial charge in [-0.05, 0) is 26.7 Å². The molecule has 7 nitrogen and oxygen atoms in total. The maximum Gasteiger partial charge on any atom is 0.309 e. The lowest BCUT2D eigenvalue weighted by Crippen LogP contribution is -2.60. The van der Waals surface area contributed by atoms with Crippen LogP contribution < -0.4 is 5.32 Å². The topological polar surface area (TPSA) is 82.1 Å². The number of carboxylic acids is 1. The molecule has 3 rings (SSSR count). The molecule has 7 heteroatoms. The van der Waals surface area contributed by atoms with Crippen molar-refractivity contribution in [3.05, 3.63) is 0 Å². The predicted octanol–water partition coefficient (Wildman–Crippen LogP) is 0.153. The number of carbonyl (C=O) groups is 2. The highest BCUT2D eigenvalue weighted by atomic mass is 16.5. The molecule has 0 aromatic rings. The van der Waals surface area contributed by atoms with E-state index >= 15 is 0 Å². The van der Waals surface area contributed by atoms with Crippen LogP contribution in [-0.2, 0) is 14.3 Å². The first kappa shape index (κ1) is 17.6. The van der Waals surface area contributed by atoms with Crippen LogP contribution in [0.1, 0.15) is 33.1 Å². The van der Waals surface area contributed by atoms with Crippen molar-refractivity contribution in [2.75, 3.05) is 45.9 Å². The lowest BCUT2D eigenvalue weighted by Gasteiger charge is -2.47. The third kappa shape index (κ3) is 3.43. The number of likely N-dealkylation sites (tertiary alicyclic amines) is 1. The molecule has 0 bridgehead atoms. The van der Waals surface area contributed by atoms with Crippen LogP contribution in [0.15, 0.2) is 0 Å². The Balaban J connectivity index is 1.58. The Morgan fingerprint density at radius 2 is 1.92 bits per heavy atom. The van der Waals surface area contributed by atoms with Gasteiger partial charge in [-0.1, -0.05) is 0 Å². The van der Waals surface area contributed by atoms with E-state index in [4.69, 9.17) is 4.74 Å². The molecule has 3 fully saturated rings. The van der Waals surface area contributed by atoms with Gasteiger partial charge in [0.15, 0.2) is 0 Å². The van der Waals surface area contributed by atoms with Gasteiger partial charge in [-0.2, -0.15) is 0 Å². The van der Waals surface area contributed by atoms with Crippen molar-refractivity contribution < 1.29 is 19.4 Å². The van der Waals surface area contributed by atoms with E-state index in [9.17, 15) is 14.7 Å². The van der Waals surface area contributed by atoms with Crippen LogP contribution in [0.4, 0.5) is 0 Å². The van der Waals surface area contributed by atoms with Gasteiger partial charge < -0.3 is 20.1 Å². The molecule has 0 aromatic carbocycles. The fourth-order valence-corrected chi connectivity index (χ4v) is 4.52. The minimum Gasteiger partial charge on any atom is -0.481 e. The highest BCUT2D eigenvalue weighted by Crippen LogP contribution is 2.37.